The lowest BCUT2D eigenvalue weighted by Crippen LogP contribution is -2.13. The van der Waals surface area contributed by atoms with Crippen LogP contribution in [-0.4, -0.2) is 32.8 Å². The Bertz CT molecular complexity index is 3290. The number of carboxylic acid groups (broad SMARTS) is 1. The molecule has 0 saturated carbocycles. The highest BCUT2D eigenvalue weighted by atomic mass is 79.9. The molecule has 0 amide bonds. The van der Waals surface area contributed by atoms with Gasteiger partial charge in [0.05, 0.1) is 40.2 Å². The summed E-state index contributed by atoms with van der Waals surface area (Å²) in [6, 6.07) is 36.2. The minimum atomic E-state index is -4.73. The van der Waals surface area contributed by atoms with Gasteiger partial charge in [0.25, 0.3) is 0 Å². The van der Waals surface area contributed by atoms with E-state index in [1.54, 1.807) is 79.7 Å². The molecule has 0 spiro atoms. The minimum Gasteiger partial charge on any atom is -0.488 e. The number of nitrogens with zero attached hydrogens (tertiary/aromatic N) is 2. The molecular weight excluding hydrogens is 1080 g/mol. The first kappa shape index (κ1) is 52.6. The standard InChI is InChI=1S/C28H22BrF4NO3.C26H18BrF4NO3/c1-3-36-27(35)18-6-4-7-20(14-18)34-17(2)10-12-25(34)21-15-19(29)11-13-26(21)37-16-22-23(28(31,32)33)8-5-9-24(22)30;1-15-8-10-23(32(15)18-5-2-4-16(12-18)25(33)34)19-13-17(27)9-11-24(19)35-14-20-21(26(29,30)31)6-3-7-22(20)28/h4-15H,3,16H2,1-2H3;2-13H,14H2,1H3,(H,33,34). The van der Waals surface area contributed by atoms with E-state index in [4.69, 9.17) is 14.2 Å². The fourth-order valence-electron chi connectivity index (χ4n) is 7.85. The van der Waals surface area contributed by atoms with Crippen molar-refractivity contribution in [3.8, 4) is 45.4 Å². The van der Waals surface area contributed by atoms with Crippen LogP contribution in [0.1, 0.15) is 61.3 Å². The topological polar surface area (TPSA) is 91.9 Å². The number of alkyl halides is 6. The molecule has 0 saturated heterocycles. The Kier molecular flexibility index (Phi) is 16.1. The van der Waals surface area contributed by atoms with Gasteiger partial charge in [0.1, 0.15) is 36.3 Å². The lowest BCUT2D eigenvalue weighted by molar-refractivity contribution is -0.139. The molecule has 0 radical (unpaired) electrons. The fraction of sp³-hybridized carbons (Fsp3) is 0.148. The minimum absolute atomic E-state index is 0.103. The van der Waals surface area contributed by atoms with Crippen LogP contribution < -0.4 is 9.47 Å². The van der Waals surface area contributed by atoms with Crippen LogP contribution in [0, 0.1) is 25.5 Å². The third kappa shape index (κ3) is 11.9. The Balaban J connectivity index is 0.000000212. The molecule has 6 aromatic carbocycles. The summed E-state index contributed by atoms with van der Waals surface area (Å²) in [5.41, 5.74) is 2.42. The van der Waals surface area contributed by atoms with Gasteiger partial charge in [-0.2, -0.15) is 26.3 Å². The van der Waals surface area contributed by atoms with E-state index in [1.807, 2.05) is 47.2 Å². The second-order valence-electron chi connectivity index (χ2n) is 15.9. The number of ether oxygens (including phenoxy) is 3. The molecule has 0 bridgehead atoms. The number of aryl methyl sites for hydroxylation is 2. The van der Waals surface area contributed by atoms with Gasteiger partial charge in [0.15, 0.2) is 0 Å². The number of carboxylic acids is 1. The van der Waals surface area contributed by atoms with Crippen molar-refractivity contribution in [2.24, 2.45) is 0 Å². The summed E-state index contributed by atoms with van der Waals surface area (Å²) >= 11 is 6.85. The summed E-state index contributed by atoms with van der Waals surface area (Å²) in [5, 5.41) is 9.38. The Morgan fingerprint density at radius 1 is 0.556 bits per heavy atom. The van der Waals surface area contributed by atoms with Gasteiger partial charge >= 0.3 is 24.3 Å². The van der Waals surface area contributed by atoms with Crippen LogP contribution in [0.5, 0.6) is 11.5 Å². The van der Waals surface area contributed by atoms with E-state index in [0.29, 0.717) is 48.4 Å². The van der Waals surface area contributed by atoms with Gasteiger partial charge in [-0.3, -0.25) is 0 Å². The first-order chi connectivity index (χ1) is 34.2. The van der Waals surface area contributed by atoms with E-state index in [2.05, 4.69) is 31.9 Å². The first-order valence-corrected chi connectivity index (χ1v) is 23.3. The van der Waals surface area contributed by atoms with Crippen LogP contribution in [0.15, 0.2) is 155 Å². The molecule has 18 heteroatoms. The van der Waals surface area contributed by atoms with Gasteiger partial charge in [-0.15, -0.1) is 0 Å². The zero-order chi connectivity index (χ0) is 52.1. The molecular formula is C54H40Br2F8N2O6. The number of halogens is 10. The molecule has 8 nitrogen and oxygen atoms in total. The Hall–Kier alpha value is -7.18. The molecule has 0 unspecified atom stereocenters. The van der Waals surface area contributed by atoms with Gasteiger partial charge in [-0.05, 0) is 142 Å². The van der Waals surface area contributed by atoms with Crippen molar-refractivity contribution in [2.45, 2.75) is 46.3 Å². The van der Waals surface area contributed by atoms with Crippen LogP contribution in [0.4, 0.5) is 35.1 Å². The predicted molar refractivity (Wildman–Crippen MR) is 262 cm³/mol. The Labute approximate surface area is 424 Å². The molecule has 0 aliphatic rings. The zero-order valence-corrected chi connectivity index (χ0v) is 41.3. The highest BCUT2D eigenvalue weighted by Gasteiger charge is 2.36. The number of hydrogen-bond acceptors (Lipinski definition) is 5. The van der Waals surface area contributed by atoms with Crippen LogP contribution in [0.25, 0.3) is 33.9 Å². The van der Waals surface area contributed by atoms with Crippen molar-refractivity contribution in [3.63, 3.8) is 0 Å². The second-order valence-corrected chi connectivity index (χ2v) is 17.7. The maximum Gasteiger partial charge on any atom is 0.416 e. The van der Waals surface area contributed by atoms with E-state index in [1.165, 1.54) is 12.1 Å². The smallest absolute Gasteiger partial charge is 0.416 e. The third-order valence-corrected chi connectivity index (χ3v) is 12.1. The highest BCUT2D eigenvalue weighted by Crippen LogP contribution is 2.40. The Morgan fingerprint density at radius 2 is 0.972 bits per heavy atom. The van der Waals surface area contributed by atoms with Gasteiger partial charge in [-0.25, -0.2) is 18.4 Å². The summed E-state index contributed by atoms with van der Waals surface area (Å²) in [6.45, 7) is 4.44. The molecule has 8 rings (SSSR count). The summed E-state index contributed by atoms with van der Waals surface area (Å²) in [5.74, 6) is -3.03. The highest BCUT2D eigenvalue weighted by molar-refractivity contribution is 9.10. The average molecular weight is 1120 g/mol. The van der Waals surface area contributed by atoms with Crippen LogP contribution >= 0.6 is 31.9 Å². The van der Waals surface area contributed by atoms with Crippen molar-refractivity contribution in [3.05, 3.63) is 211 Å². The van der Waals surface area contributed by atoms with E-state index < -0.39 is 71.4 Å². The molecule has 0 aliphatic carbocycles. The maximum absolute atomic E-state index is 14.4. The Morgan fingerprint density at radius 3 is 1.39 bits per heavy atom. The normalized spacial score (nSPS) is 11.5. The van der Waals surface area contributed by atoms with Gasteiger partial charge in [0.2, 0.25) is 0 Å². The van der Waals surface area contributed by atoms with E-state index in [0.717, 1.165) is 47.8 Å². The van der Waals surface area contributed by atoms with Gasteiger partial charge in [-0.1, -0.05) is 56.1 Å². The first-order valence-electron chi connectivity index (χ1n) is 21.7. The quantitative estimate of drug-likeness (QED) is 0.0913. The maximum atomic E-state index is 14.4. The molecule has 1 N–H and O–H groups in total. The number of carbonyl (C=O) groups excluding carboxylic acids is 1. The summed E-state index contributed by atoms with van der Waals surface area (Å²) < 4.78 is 131. The zero-order valence-electron chi connectivity index (χ0n) is 38.1. The average Bonchev–Trinajstić information content (AvgIpc) is 3.92. The van der Waals surface area contributed by atoms with Gasteiger partial charge in [0, 0.05) is 54.0 Å². The second kappa shape index (κ2) is 22.1. The van der Waals surface area contributed by atoms with Crippen molar-refractivity contribution < 1.29 is 64.0 Å². The van der Waals surface area contributed by atoms with Crippen molar-refractivity contribution in [1.82, 2.24) is 9.13 Å². The van der Waals surface area contributed by atoms with Crippen LogP contribution in [-0.2, 0) is 30.3 Å². The van der Waals surface area contributed by atoms with E-state index in [9.17, 15) is 49.8 Å². The molecule has 8 aromatic rings. The SMILES string of the molecule is CCOC(=O)c1cccc(-n2c(C)ccc2-c2cc(Br)ccc2OCc2c(F)cccc2C(F)(F)F)c1.Cc1ccc(-c2cc(Br)ccc2OCc2c(F)cccc2C(F)(F)F)n1-c1cccc(C(=O)O)c1. The van der Waals surface area contributed by atoms with Crippen LogP contribution in [0.2, 0.25) is 0 Å². The van der Waals surface area contributed by atoms with Crippen molar-refractivity contribution in [2.75, 3.05) is 6.61 Å². The lowest BCUT2D eigenvalue weighted by atomic mass is 10.1. The number of esters is 1. The van der Waals surface area contributed by atoms with Gasteiger partial charge < -0.3 is 28.5 Å². The molecule has 0 atom stereocenters. The summed E-state index contributed by atoms with van der Waals surface area (Å²) in [6.07, 6.45) is -9.45. The molecule has 2 aromatic heterocycles. The molecule has 2 heterocycles. The predicted octanol–water partition coefficient (Wildman–Crippen LogP) is 15.8. The lowest BCUT2D eigenvalue weighted by Gasteiger charge is -2.18. The largest absolute Gasteiger partial charge is 0.488 e. The number of aromatic nitrogens is 2. The number of hydrogen-bond donors (Lipinski definition) is 1. The summed E-state index contributed by atoms with van der Waals surface area (Å²) in [4.78, 5) is 23.7. The summed E-state index contributed by atoms with van der Waals surface area (Å²) in [7, 11) is 0. The number of rotatable bonds is 13. The van der Waals surface area contributed by atoms with Crippen molar-refractivity contribution >= 4 is 43.8 Å². The molecule has 0 fully saturated rings. The monoisotopic (exact) mass is 1120 g/mol. The number of benzene rings is 6. The number of aromatic carboxylic acids is 1. The number of carbonyl (C=O) groups is 2. The van der Waals surface area contributed by atoms with E-state index >= 15 is 0 Å². The molecule has 72 heavy (non-hydrogen) atoms. The third-order valence-electron chi connectivity index (χ3n) is 11.1. The van der Waals surface area contributed by atoms with Crippen LogP contribution in [0.3, 0.4) is 0 Å². The fourth-order valence-corrected chi connectivity index (χ4v) is 8.57. The van der Waals surface area contributed by atoms with E-state index in [-0.39, 0.29) is 23.7 Å². The molecule has 0 aliphatic heterocycles. The molecule has 372 valence electrons. The van der Waals surface area contributed by atoms with Crippen molar-refractivity contribution in [1.29, 1.82) is 0 Å².